The van der Waals surface area contributed by atoms with Crippen LogP contribution in [0.15, 0.2) is 24.3 Å². The fraction of sp³-hybridized carbons (Fsp3) is 0.619. The van der Waals surface area contributed by atoms with Crippen LogP contribution in [0.25, 0.3) is 0 Å². The van der Waals surface area contributed by atoms with Gasteiger partial charge in [0.25, 0.3) is 5.91 Å². The number of carbonyl (C=O) groups is 2. The Hall–Kier alpha value is -2.04. The van der Waals surface area contributed by atoms with Gasteiger partial charge in [-0.15, -0.1) is 0 Å². The summed E-state index contributed by atoms with van der Waals surface area (Å²) in [6, 6.07) is 8.18. The Kier molecular flexibility index (Phi) is 5.14. The molecule has 3 fully saturated rings. The molecule has 3 aliphatic rings. The number of hydrogen-bond acceptors (Lipinski definition) is 2. The number of hydrogen-bond donors (Lipinski definition) is 1. The van der Waals surface area contributed by atoms with Crippen LogP contribution in [0.3, 0.4) is 0 Å². The third-order valence-corrected chi connectivity index (χ3v) is 6.27. The molecule has 2 saturated heterocycles. The highest BCUT2D eigenvalue weighted by Gasteiger charge is 2.37. The van der Waals surface area contributed by atoms with Crippen molar-refractivity contribution in [3.8, 4) is 0 Å². The standard InChI is InChI=1S/C21H29N3O2/c25-20(23-11-1-2-12-23)18-9-3-6-16(14-18)15-22-21(26)24-13-5-10-19(24)17-7-4-8-17/h3,6,9,14,17,19H,1-2,4-5,7-8,10-13,15H2,(H,22,26). The summed E-state index contributed by atoms with van der Waals surface area (Å²) in [5.74, 6) is 0.824. The van der Waals surface area contributed by atoms with Gasteiger partial charge >= 0.3 is 6.03 Å². The van der Waals surface area contributed by atoms with Gasteiger partial charge in [0.05, 0.1) is 0 Å². The number of nitrogens with one attached hydrogen (secondary N) is 1. The summed E-state index contributed by atoms with van der Waals surface area (Å²) in [5.41, 5.74) is 1.72. The molecule has 140 valence electrons. The maximum absolute atomic E-state index is 12.6. The quantitative estimate of drug-likeness (QED) is 0.900. The number of urea groups is 1. The number of carbonyl (C=O) groups excluding carboxylic acids is 2. The maximum Gasteiger partial charge on any atom is 0.317 e. The molecule has 1 atom stereocenters. The molecule has 1 saturated carbocycles. The molecule has 2 heterocycles. The summed E-state index contributed by atoms with van der Waals surface area (Å²) in [4.78, 5) is 29.1. The second-order valence-electron chi connectivity index (χ2n) is 7.95. The molecule has 3 amide bonds. The van der Waals surface area contributed by atoms with Gasteiger partial charge in [-0.05, 0) is 62.1 Å². The highest BCUT2D eigenvalue weighted by Crippen LogP contribution is 2.37. The lowest BCUT2D eigenvalue weighted by molar-refractivity contribution is 0.0792. The zero-order valence-electron chi connectivity index (χ0n) is 15.5. The lowest BCUT2D eigenvalue weighted by atomic mass is 9.79. The van der Waals surface area contributed by atoms with Crippen LogP contribution in [-0.2, 0) is 6.54 Å². The predicted molar refractivity (Wildman–Crippen MR) is 101 cm³/mol. The van der Waals surface area contributed by atoms with Crippen LogP contribution in [0.4, 0.5) is 4.79 Å². The first-order chi connectivity index (χ1) is 12.7. The molecule has 0 spiro atoms. The summed E-state index contributed by atoms with van der Waals surface area (Å²) in [6.45, 7) is 3.07. The average Bonchev–Trinajstić information content (AvgIpc) is 3.30. The number of benzene rings is 1. The number of nitrogens with zero attached hydrogens (tertiary/aromatic N) is 2. The van der Waals surface area contributed by atoms with Crippen LogP contribution in [-0.4, -0.2) is 47.4 Å². The van der Waals surface area contributed by atoms with Crippen molar-refractivity contribution < 1.29 is 9.59 Å². The topological polar surface area (TPSA) is 52.7 Å². The molecule has 0 bridgehead atoms. The fourth-order valence-electron chi connectivity index (χ4n) is 4.56. The summed E-state index contributed by atoms with van der Waals surface area (Å²) in [6.07, 6.45) is 8.32. The zero-order valence-corrected chi connectivity index (χ0v) is 15.5. The lowest BCUT2D eigenvalue weighted by Crippen LogP contribution is -2.46. The van der Waals surface area contributed by atoms with Gasteiger partial charge < -0.3 is 15.1 Å². The van der Waals surface area contributed by atoms with Crippen molar-refractivity contribution >= 4 is 11.9 Å². The van der Waals surface area contributed by atoms with Crippen LogP contribution in [0.1, 0.15) is 60.9 Å². The van der Waals surface area contributed by atoms with E-state index in [1.807, 2.05) is 34.1 Å². The van der Waals surface area contributed by atoms with E-state index in [9.17, 15) is 9.59 Å². The van der Waals surface area contributed by atoms with Gasteiger partial charge in [-0.1, -0.05) is 18.6 Å². The summed E-state index contributed by atoms with van der Waals surface area (Å²) < 4.78 is 0. The van der Waals surface area contributed by atoms with Gasteiger partial charge in [-0.2, -0.15) is 0 Å². The Bertz CT molecular complexity index is 665. The largest absolute Gasteiger partial charge is 0.339 e. The first-order valence-electron chi connectivity index (χ1n) is 10.1. The van der Waals surface area contributed by atoms with Crippen molar-refractivity contribution in [1.29, 1.82) is 0 Å². The minimum absolute atomic E-state index is 0.0515. The van der Waals surface area contributed by atoms with Crippen molar-refractivity contribution in [1.82, 2.24) is 15.1 Å². The SMILES string of the molecule is O=C(c1cccc(CNC(=O)N2CCCC2C2CCC2)c1)N1CCCC1. The Labute approximate surface area is 155 Å². The molecule has 1 aromatic rings. The number of amides is 3. The second kappa shape index (κ2) is 7.68. The molecule has 1 N–H and O–H groups in total. The average molecular weight is 355 g/mol. The zero-order chi connectivity index (χ0) is 17.9. The molecular weight excluding hydrogens is 326 g/mol. The van der Waals surface area contributed by atoms with Gasteiger partial charge in [-0.3, -0.25) is 4.79 Å². The van der Waals surface area contributed by atoms with Crippen molar-refractivity contribution in [2.75, 3.05) is 19.6 Å². The molecule has 2 aliphatic heterocycles. The molecule has 1 aromatic carbocycles. The van der Waals surface area contributed by atoms with Crippen LogP contribution in [0.2, 0.25) is 0 Å². The van der Waals surface area contributed by atoms with Crippen molar-refractivity contribution in [3.63, 3.8) is 0 Å². The normalized spacial score (nSPS) is 23.2. The molecular formula is C21H29N3O2. The van der Waals surface area contributed by atoms with Crippen LogP contribution >= 0.6 is 0 Å². The Morgan fingerprint density at radius 1 is 1.00 bits per heavy atom. The molecule has 4 rings (SSSR count). The van der Waals surface area contributed by atoms with Gasteiger partial charge in [0.15, 0.2) is 0 Å². The molecule has 5 nitrogen and oxygen atoms in total. The second-order valence-corrected chi connectivity index (χ2v) is 7.95. The third kappa shape index (κ3) is 3.57. The van der Waals surface area contributed by atoms with E-state index in [0.29, 0.717) is 18.5 Å². The van der Waals surface area contributed by atoms with E-state index in [0.717, 1.165) is 56.4 Å². The molecule has 5 heteroatoms. The third-order valence-electron chi connectivity index (χ3n) is 6.27. The minimum Gasteiger partial charge on any atom is -0.339 e. The summed E-state index contributed by atoms with van der Waals surface area (Å²) >= 11 is 0. The molecule has 0 aromatic heterocycles. The Balaban J connectivity index is 1.34. The molecule has 0 radical (unpaired) electrons. The number of likely N-dealkylation sites (tertiary alicyclic amines) is 2. The molecule has 1 aliphatic carbocycles. The first-order valence-corrected chi connectivity index (χ1v) is 10.1. The van der Waals surface area contributed by atoms with Crippen molar-refractivity contribution in [2.24, 2.45) is 5.92 Å². The van der Waals surface area contributed by atoms with E-state index >= 15 is 0 Å². The van der Waals surface area contributed by atoms with Gasteiger partial charge in [0.1, 0.15) is 0 Å². The maximum atomic E-state index is 12.6. The van der Waals surface area contributed by atoms with E-state index < -0.39 is 0 Å². The fourth-order valence-corrected chi connectivity index (χ4v) is 4.56. The van der Waals surface area contributed by atoms with Crippen LogP contribution < -0.4 is 5.32 Å². The van der Waals surface area contributed by atoms with Gasteiger partial charge in [-0.25, -0.2) is 4.79 Å². The first kappa shape index (κ1) is 17.4. The van der Waals surface area contributed by atoms with Crippen LogP contribution in [0, 0.1) is 5.92 Å². The summed E-state index contributed by atoms with van der Waals surface area (Å²) in [7, 11) is 0. The predicted octanol–water partition coefficient (Wildman–Crippen LogP) is 3.40. The Morgan fingerprint density at radius 3 is 2.54 bits per heavy atom. The van der Waals surface area contributed by atoms with Gasteiger partial charge in [0.2, 0.25) is 0 Å². The van der Waals surface area contributed by atoms with Crippen molar-refractivity contribution in [3.05, 3.63) is 35.4 Å². The van der Waals surface area contributed by atoms with Crippen molar-refractivity contribution in [2.45, 2.75) is 57.5 Å². The van der Waals surface area contributed by atoms with E-state index in [-0.39, 0.29) is 11.9 Å². The monoisotopic (exact) mass is 355 g/mol. The molecule has 1 unspecified atom stereocenters. The minimum atomic E-state index is 0.0515. The van der Waals surface area contributed by atoms with Crippen LogP contribution in [0.5, 0.6) is 0 Å². The smallest absolute Gasteiger partial charge is 0.317 e. The highest BCUT2D eigenvalue weighted by molar-refractivity contribution is 5.94. The number of rotatable bonds is 4. The Morgan fingerprint density at radius 2 is 1.81 bits per heavy atom. The van der Waals surface area contributed by atoms with E-state index in [1.165, 1.54) is 19.3 Å². The summed E-state index contributed by atoms with van der Waals surface area (Å²) in [5, 5.41) is 3.07. The lowest BCUT2D eigenvalue weighted by Gasteiger charge is -2.37. The van der Waals surface area contributed by atoms with E-state index in [2.05, 4.69) is 5.32 Å². The van der Waals surface area contributed by atoms with Gasteiger partial charge in [0, 0.05) is 37.8 Å². The van der Waals surface area contributed by atoms with E-state index in [4.69, 9.17) is 0 Å². The highest BCUT2D eigenvalue weighted by atomic mass is 16.2. The molecule has 26 heavy (non-hydrogen) atoms. The van der Waals surface area contributed by atoms with E-state index in [1.54, 1.807) is 0 Å².